The molecule has 2 aliphatic rings. The van der Waals surface area contributed by atoms with E-state index in [-0.39, 0.29) is 23.4 Å². The fourth-order valence-corrected chi connectivity index (χ4v) is 4.47. The normalized spacial score (nSPS) is 20.5. The number of nitrogens with zero attached hydrogens (tertiary/aromatic N) is 2. The van der Waals surface area contributed by atoms with Crippen LogP contribution in [-0.2, 0) is 9.59 Å². The van der Waals surface area contributed by atoms with Crippen LogP contribution < -0.4 is 10.6 Å². The molecule has 8 nitrogen and oxygen atoms in total. The molecule has 1 aliphatic heterocycles. The van der Waals surface area contributed by atoms with Crippen LogP contribution in [0.2, 0.25) is 0 Å². The number of amides is 2. The van der Waals surface area contributed by atoms with E-state index >= 15 is 0 Å². The molecule has 164 valence electrons. The van der Waals surface area contributed by atoms with Gasteiger partial charge in [-0.3, -0.25) is 19.7 Å². The molecule has 1 aliphatic carbocycles. The molecule has 0 spiro atoms. The highest BCUT2D eigenvalue weighted by molar-refractivity contribution is 5.92. The molecule has 3 rings (SSSR count). The number of anilines is 1. The van der Waals surface area contributed by atoms with E-state index in [2.05, 4.69) is 15.5 Å². The van der Waals surface area contributed by atoms with Crippen molar-refractivity contribution < 1.29 is 14.5 Å². The first-order valence-electron chi connectivity index (χ1n) is 11.0. The lowest BCUT2D eigenvalue weighted by Crippen LogP contribution is -2.46. The molecule has 0 radical (unpaired) electrons. The van der Waals surface area contributed by atoms with E-state index in [9.17, 15) is 19.7 Å². The van der Waals surface area contributed by atoms with Crippen molar-refractivity contribution in [1.29, 1.82) is 0 Å². The summed E-state index contributed by atoms with van der Waals surface area (Å²) in [6.45, 7) is 3.78. The van der Waals surface area contributed by atoms with E-state index in [1.54, 1.807) is 19.1 Å². The van der Waals surface area contributed by atoms with Crippen LogP contribution in [0.3, 0.4) is 0 Å². The molecule has 2 N–H and O–H groups in total. The number of carbonyl (C=O) groups excluding carboxylic acids is 2. The summed E-state index contributed by atoms with van der Waals surface area (Å²) in [7, 11) is 0. The molecule has 2 fully saturated rings. The number of hydrogen-bond donors (Lipinski definition) is 2. The highest BCUT2D eigenvalue weighted by atomic mass is 16.6. The van der Waals surface area contributed by atoms with Gasteiger partial charge in [0.25, 0.3) is 5.69 Å². The zero-order valence-corrected chi connectivity index (χ0v) is 17.7. The van der Waals surface area contributed by atoms with Crippen molar-refractivity contribution in [1.82, 2.24) is 10.2 Å². The molecule has 1 heterocycles. The third-order valence-corrected chi connectivity index (χ3v) is 6.26. The van der Waals surface area contributed by atoms with Gasteiger partial charge in [-0.25, -0.2) is 0 Å². The second kappa shape index (κ2) is 10.5. The smallest absolute Gasteiger partial charge is 0.274 e. The van der Waals surface area contributed by atoms with Gasteiger partial charge < -0.3 is 15.5 Å². The number of rotatable bonds is 7. The Labute approximate surface area is 177 Å². The molecule has 1 unspecified atom stereocenters. The fraction of sp³-hybridized carbons (Fsp3) is 0.636. The Hall–Kier alpha value is -2.48. The molecule has 30 heavy (non-hydrogen) atoms. The van der Waals surface area contributed by atoms with Gasteiger partial charge in [-0.15, -0.1) is 0 Å². The Morgan fingerprint density at radius 3 is 2.67 bits per heavy atom. The molecule has 1 atom stereocenters. The van der Waals surface area contributed by atoms with Crippen LogP contribution in [0.1, 0.15) is 56.9 Å². The SMILES string of the molecule is Cc1c(NC(=O)CCN2CCCC(C(=O)NC3CCCCC3)C2)cccc1[N+](=O)[O-]. The number of benzene rings is 1. The van der Waals surface area contributed by atoms with E-state index in [0.717, 1.165) is 32.2 Å². The lowest BCUT2D eigenvalue weighted by molar-refractivity contribution is -0.385. The number of likely N-dealkylation sites (tertiary alicyclic amines) is 1. The van der Waals surface area contributed by atoms with Crippen LogP contribution in [-0.4, -0.2) is 47.3 Å². The molecule has 8 heteroatoms. The van der Waals surface area contributed by atoms with Gasteiger partial charge in [-0.05, 0) is 45.2 Å². The number of hydrogen-bond acceptors (Lipinski definition) is 5. The van der Waals surface area contributed by atoms with Crippen LogP contribution in [0.15, 0.2) is 18.2 Å². The molecule has 0 aromatic heterocycles. The Morgan fingerprint density at radius 2 is 1.93 bits per heavy atom. The van der Waals surface area contributed by atoms with Crippen molar-refractivity contribution in [3.05, 3.63) is 33.9 Å². The second-order valence-electron chi connectivity index (χ2n) is 8.49. The standard InChI is InChI=1S/C22H32N4O4/c1-16-19(10-5-11-20(16)26(29)30)24-21(27)12-14-25-13-6-7-17(15-25)22(28)23-18-8-3-2-4-9-18/h5,10-11,17-18H,2-4,6-9,12-15H2,1H3,(H,23,28)(H,24,27). The van der Waals surface area contributed by atoms with Crippen molar-refractivity contribution >= 4 is 23.2 Å². The average molecular weight is 417 g/mol. The quantitative estimate of drug-likeness (QED) is 0.524. The average Bonchev–Trinajstić information content (AvgIpc) is 2.74. The van der Waals surface area contributed by atoms with Gasteiger partial charge in [0.15, 0.2) is 0 Å². The number of piperidine rings is 1. The van der Waals surface area contributed by atoms with Crippen molar-refractivity contribution in [2.45, 2.75) is 64.3 Å². The summed E-state index contributed by atoms with van der Waals surface area (Å²) < 4.78 is 0. The number of nitro benzene ring substituents is 1. The van der Waals surface area contributed by atoms with E-state index in [1.165, 1.54) is 25.3 Å². The minimum Gasteiger partial charge on any atom is -0.353 e. The summed E-state index contributed by atoms with van der Waals surface area (Å²) in [5, 5.41) is 17.1. The number of nitro groups is 1. The van der Waals surface area contributed by atoms with E-state index < -0.39 is 4.92 Å². The van der Waals surface area contributed by atoms with Crippen LogP contribution in [0.5, 0.6) is 0 Å². The molecule has 1 saturated heterocycles. The molecular weight excluding hydrogens is 384 g/mol. The largest absolute Gasteiger partial charge is 0.353 e. The van der Waals surface area contributed by atoms with Crippen LogP contribution in [0.4, 0.5) is 11.4 Å². The van der Waals surface area contributed by atoms with Crippen LogP contribution in [0.25, 0.3) is 0 Å². The Kier molecular flexibility index (Phi) is 7.79. The Balaban J connectivity index is 1.46. The molecule has 0 bridgehead atoms. The monoisotopic (exact) mass is 416 g/mol. The van der Waals surface area contributed by atoms with Gasteiger partial charge in [0.05, 0.1) is 22.1 Å². The lowest BCUT2D eigenvalue weighted by atomic mass is 9.93. The van der Waals surface area contributed by atoms with Gasteiger partial charge in [0.2, 0.25) is 11.8 Å². The highest BCUT2D eigenvalue weighted by Gasteiger charge is 2.28. The minimum atomic E-state index is -0.447. The summed E-state index contributed by atoms with van der Waals surface area (Å²) in [4.78, 5) is 37.8. The maximum absolute atomic E-state index is 12.6. The van der Waals surface area contributed by atoms with Gasteiger partial charge in [-0.2, -0.15) is 0 Å². The van der Waals surface area contributed by atoms with Crippen molar-refractivity contribution in [3.8, 4) is 0 Å². The second-order valence-corrected chi connectivity index (χ2v) is 8.49. The molecule has 1 saturated carbocycles. The van der Waals surface area contributed by atoms with Crippen LogP contribution >= 0.6 is 0 Å². The fourth-order valence-electron chi connectivity index (χ4n) is 4.47. The summed E-state index contributed by atoms with van der Waals surface area (Å²) in [5.41, 5.74) is 0.918. The van der Waals surface area contributed by atoms with Gasteiger partial charge in [0, 0.05) is 31.6 Å². The third kappa shape index (κ3) is 6.01. The van der Waals surface area contributed by atoms with Crippen LogP contribution in [0, 0.1) is 23.0 Å². The van der Waals surface area contributed by atoms with Crippen molar-refractivity contribution in [2.75, 3.05) is 25.0 Å². The maximum Gasteiger partial charge on any atom is 0.274 e. The first-order valence-corrected chi connectivity index (χ1v) is 11.0. The summed E-state index contributed by atoms with van der Waals surface area (Å²) >= 11 is 0. The van der Waals surface area contributed by atoms with Crippen molar-refractivity contribution in [2.24, 2.45) is 5.92 Å². The molecule has 1 aromatic carbocycles. The van der Waals surface area contributed by atoms with Crippen molar-refractivity contribution in [3.63, 3.8) is 0 Å². The van der Waals surface area contributed by atoms with E-state index in [1.807, 2.05) is 0 Å². The molecular formula is C22H32N4O4. The van der Waals surface area contributed by atoms with Gasteiger partial charge >= 0.3 is 0 Å². The summed E-state index contributed by atoms with van der Waals surface area (Å²) in [6.07, 6.45) is 7.96. The van der Waals surface area contributed by atoms with E-state index in [0.29, 0.717) is 36.8 Å². The number of carbonyl (C=O) groups is 2. The topological polar surface area (TPSA) is 105 Å². The first kappa shape index (κ1) is 22.2. The predicted octanol–water partition coefficient (Wildman–Crippen LogP) is 3.39. The Bertz CT molecular complexity index is 776. The zero-order chi connectivity index (χ0) is 21.5. The maximum atomic E-state index is 12.6. The molecule has 2 amide bonds. The first-order chi connectivity index (χ1) is 14.4. The van der Waals surface area contributed by atoms with Gasteiger partial charge in [0.1, 0.15) is 0 Å². The van der Waals surface area contributed by atoms with E-state index in [4.69, 9.17) is 0 Å². The molecule has 1 aromatic rings. The summed E-state index contributed by atoms with van der Waals surface area (Å²) in [5.74, 6) is -0.0293. The minimum absolute atomic E-state index is 0.00403. The zero-order valence-electron chi connectivity index (χ0n) is 17.7. The third-order valence-electron chi connectivity index (χ3n) is 6.26. The predicted molar refractivity (Wildman–Crippen MR) is 115 cm³/mol. The Morgan fingerprint density at radius 1 is 1.17 bits per heavy atom. The summed E-state index contributed by atoms with van der Waals surface area (Å²) in [6, 6.07) is 5.00. The van der Waals surface area contributed by atoms with Gasteiger partial charge in [-0.1, -0.05) is 25.3 Å². The lowest BCUT2D eigenvalue weighted by Gasteiger charge is -2.33. The number of nitrogens with one attached hydrogen (secondary N) is 2. The highest BCUT2D eigenvalue weighted by Crippen LogP contribution is 2.25.